The summed E-state index contributed by atoms with van der Waals surface area (Å²) in [6.07, 6.45) is 1.79. The number of ether oxygens (including phenoxy) is 2. The van der Waals surface area contributed by atoms with Crippen molar-refractivity contribution >= 4 is 29.2 Å². The summed E-state index contributed by atoms with van der Waals surface area (Å²) in [5.74, 6) is 0.788. The zero-order valence-electron chi connectivity index (χ0n) is 13.7. The van der Waals surface area contributed by atoms with Gasteiger partial charge in [0, 0.05) is 35.6 Å². The van der Waals surface area contributed by atoms with Crippen molar-refractivity contribution < 1.29 is 9.47 Å². The van der Waals surface area contributed by atoms with Crippen molar-refractivity contribution in [2.45, 2.75) is 6.92 Å². The van der Waals surface area contributed by atoms with Crippen molar-refractivity contribution in [2.24, 2.45) is 4.99 Å². The van der Waals surface area contributed by atoms with Gasteiger partial charge in [0.1, 0.15) is 5.75 Å². The summed E-state index contributed by atoms with van der Waals surface area (Å²) in [6, 6.07) is 13.8. The number of aliphatic imine (C=N–C) groups is 1. The number of hydrogen-bond donors (Lipinski definition) is 0. The summed E-state index contributed by atoms with van der Waals surface area (Å²) in [6.45, 7) is 6.01. The second kappa shape index (κ2) is 8.18. The zero-order chi connectivity index (χ0) is 16.8. The van der Waals surface area contributed by atoms with Crippen LogP contribution in [0.15, 0.2) is 47.5 Å². The molecular weight excluding hydrogens is 324 g/mol. The first-order chi connectivity index (χ1) is 11.8. The van der Waals surface area contributed by atoms with Crippen molar-refractivity contribution in [3.8, 4) is 5.75 Å². The summed E-state index contributed by atoms with van der Waals surface area (Å²) < 4.78 is 11.0. The van der Waals surface area contributed by atoms with Crippen LogP contribution in [0.2, 0.25) is 5.02 Å². The first-order valence-electron chi connectivity index (χ1n) is 8.15. The molecule has 0 unspecified atom stereocenters. The lowest BCUT2D eigenvalue weighted by molar-refractivity contribution is 0.122. The van der Waals surface area contributed by atoms with E-state index < -0.39 is 0 Å². The second-order valence-corrected chi connectivity index (χ2v) is 5.93. The zero-order valence-corrected chi connectivity index (χ0v) is 14.5. The molecule has 1 aliphatic rings. The van der Waals surface area contributed by atoms with E-state index >= 15 is 0 Å². The van der Waals surface area contributed by atoms with Crippen LogP contribution in [0.1, 0.15) is 12.5 Å². The van der Waals surface area contributed by atoms with Gasteiger partial charge in [-0.25, -0.2) is 0 Å². The fraction of sp³-hybridized carbons (Fsp3) is 0.316. The maximum Gasteiger partial charge on any atom is 0.128 e. The van der Waals surface area contributed by atoms with Gasteiger partial charge in [0.25, 0.3) is 0 Å². The molecule has 0 atom stereocenters. The van der Waals surface area contributed by atoms with E-state index in [0.717, 1.165) is 43.3 Å². The molecule has 1 saturated heterocycles. The number of morpholine rings is 1. The van der Waals surface area contributed by atoms with Crippen LogP contribution in [0.3, 0.4) is 0 Å². The number of hydrogen-bond acceptors (Lipinski definition) is 4. The van der Waals surface area contributed by atoms with Crippen LogP contribution in [-0.2, 0) is 4.74 Å². The van der Waals surface area contributed by atoms with Crippen LogP contribution in [0.5, 0.6) is 5.75 Å². The Kier molecular flexibility index (Phi) is 5.72. The van der Waals surface area contributed by atoms with Crippen LogP contribution < -0.4 is 9.64 Å². The molecule has 0 aromatic heterocycles. The number of benzene rings is 2. The molecule has 1 aliphatic heterocycles. The number of rotatable bonds is 5. The minimum atomic E-state index is 0.608. The van der Waals surface area contributed by atoms with Gasteiger partial charge < -0.3 is 14.4 Å². The summed E-state index contributed by atoms with van der Waals surface area (Å²) in [4.78, 5) is 6.86. The largest absolute Gasteiger partial charge is 0.493 e. The maximum atomic E-state index is 6.07. The molecule has 5 heteroatoms. The van der Waals surface area contributed by atoms with E-state index in [2.05, 4.69) is 22.0 Å². The predicted molar refractivity (Wildman–Crippen MR) is 99.3 cm³/mol. The van der Waals surface area contributed by atoms with Crippen molar-refractivity contribution in [1.29, 1.82) is 0 Å². The number of nitrogens with zero attached hydrogens (tertiary/aromatic N) is 2. The van der Waals surface area contributed by atoms with Gasteiger partial charge in [0.2, 0.25) is 0 Å². The van der Waals surface area contributed by atoms with E-state index in [-0.39, 0.29) is 0 Å². The van der Waals surface area contributed by atoms with Gasteiger partial charge in [-0.2, -0.15) is 0 Å². The SMILES string of the molecule is CCOc1ccc(Cl)cc1C=Nc1ccc(N2CCOCC2)cc1. The third-order valence-corrected chi connectivity index (χ3v) is 4.09. The van der Waals surface area contributed by atoms with E-state index in [1.807, 2.05) is 37.3 Å². The highest BCUT2D eigenvalue weighted by molar-refractivity contribution is 6.30. The summed E-state index contributed by atoms with van der Waals surface area (Å²) in [7, 11) is 0. The molecule has 2 aromatic carbocycles. The average Bonchev–Trinajstić information content (AvgIpc) is 2.63. The Morgan fingerprint density at radius 1 is 1.17 bits per heavy atom. The van der Waals surface area contributed by atoms with Crippen LogP contribution in [0, 0.1) is 0 Å². The van der Waals surface area contributed by atoms with Gasteiger partial charge in [-0.1, -0.05) is 11.6 Å². The summed E-state index contributed by atoms with van der Waals surface area (Å²) in [5, 5.41) is 0.669. The highest BCUT2D eigenvalue weighted by Crippen LogP contribution is 2.24. The molecule has 0 saturated carbocycles. The molecule has 0 aliphatic carbocycles. The molecule has 0 amide bonds. The maximum absolute atomic E-state index is 6.07. The molecule has 1 fully saturated rings. The number of halogens is 1. The van der Waals surface area contributed by atoms with Crippen LogP contribution in [0.4, 0.5) is 11.4 Å². The Labute approximate surface area is 147 Å². The minimum absolute atomic E-state index is 0.608. The first kappa shape index (κ1) is 16.8. The molecule has 0 N–H and O–H groups in total. The van der Waals surface area contributed by atoms with Gasteiger partial charge in [-0.3, -0.25) is 4.99 Å². The van der Waals surface area contributed by atoms with E-state index in [1.54, 1.807) is 6.21 Å². The molecule has 2 aromatic rings. The van der Waals surface area contributed by atoms with Crippen LogP contribution in [0.25, 0.3) is 0 Å². The standard InChI is InChI=1S/C19H21ClN2O2/c1-2-24-19-8-3-16(20)13-15(19)14-21-17-4-6-18(7-5-17)22-9-11-23-12-10-22/h3-8,13-14H,2,9-12H2,1H3. The van der Waals surface area contributed by atoms with Crippen molar-refractivity contribution in [1.82, 2.24) is 0 Å². The Morgan fingerprint density at radius 3 is 2.62 bits per heavy atom. The van der Waals surface area contributed by atoms with Gasteiger partial charge in [0.15, 0.2) is 0 Å². The average molecular weight is 345 g/mol. The fourth-order valence-corrected chi connectivity index (χ4v) is 2.80. The normalized spacial score (nSPS) is 15.0. The molecule has 3 rings (SSSR count). The van der Waals surface area contributed by atoms with Crippen LogP contribution in [-0.4, -0.2) is 39.1 Å². The third kappa shape index (κ3) is 4.28. The first-order valence-corrected chi connectivity index (χ1v) is 8.53. The van der Waals surface area contributed by atoms with E-state index in [1.165, 1.54) is 5.69 Å². The Morgan fingerprint density at radius 2 is 1.92 bits per heavy atom. The van der Waals surface area contributed by atoms with Crippen molar-refractivity contribution in [2.75, 3.05) is 37.8 Å². The Balaban J connectivity index is 1.73. The second-order valence-electron chi connectivity index (χ2n) is 5.49. The highest BCUT2D eigenvalue weighted by atomic mass is 35.5. The molecule has 1 heterocycles. The Bertz CT molecular complexity index is 695. The summed E-state index contributed by atoms with van der Waals surface area (Å²) >= 11 is 6.07. The molecule has 4 nitrogen and oxygen atoms in total. The Hall–Kier alpha value is -2.04. The summed E-state index contributed by atoms with van der Waals surface area (Å²) in [5.41, 5.74) is 2.98. The van der Waals surface area contributed by atoms with E-state index in [0.29, 0.717) is 11.6 Å². The predicted octanol–water partition coefficient (Wildman–Crippen LogP) is 4.33. The van der Waals surface area contributed by atoms with Crippen molar-refractivity contribution in [3.05, 3.63) is 53.1 Å². The number of anilines is 1. The van der Waals surface area contributed by atoms with Gasteiger partial charge in [-0.15, -0.1) is 0 Å². The fourth-order valence-electron chi connectivity index (χ4n) is 2.62. The van der Waals surface area contributed by atoms with Gasteiger partial charge >= 0.3 is 0 Å². The lowest BCUT2D eigenvalue weighted by Crippen LogP contribution is -2.36. The van der Waals surface area contributed by atoms with E-state index in [4.69, 9.17) is 21.1 Å². The monoisotopic (exact) mass is 344 g/mol. The van der Waals surface area contributed by atoms with E-state index in [9.17, 15) is 0 Å². The molecule has 0 radical (unpaired) electrons. The van der Waals surface area contributed by atoms with Crippen molar-refractivity contribution in [3.63, 3.8) is 0 Å². The van der Waals surface area contributed by atoms with Crippen LogP contribution >= 0.6 is 11.6 Å². The molecule has 0 bridgehead atoms. The smallest absolute Gasteiger partial charge is 0.128 e. The quantitative estimate of drug-likeness (QED) is 0.757. The molecular formula is C19H21ClN2O2. The lowest BCUT2D eigenvalue weighted by Gasteiger charge is -2.28. The molecule has 0 spiro atoms. The topological polar surface area (TPSA) is 34.1 Å². The lowest BCUT2D eigenvalue weighted by atomic mass is 10.2. The van der Waals surface area contributed by atoms with Gasteiger partial charge in [0.05, 0.1) is 25.5 Å². The third-order valence-electron chi connectivity index (χ3n) is 3.85. The van der Waals surface area contributed by atoms with Gasteiger partial charge in [-0.05, 0) is 49.4 Å². The highest BCUT2D eigenvalue weighted by Gasteiger charge is 2.10. The molecule has 126 valence electrons. The minimum Gasteiger partial charge on any atom is -0.493 e. The molecule has 24 heavy (non-hydrogen) atoms.